The normalized spacial score (nSPS) is 12.0. The summed E-state index contributed by atoms with van der Waals surface area (Å²) < 4.78 is 14.0. The summed E-state index contributed by atoms with van der Waals surface area (Å²) in [6.45, 7) is 0. The zero-order valence-corrected chi connectivity index (χ0v) is 38.9. The largest absolute Gasteiger partial charge is 0.456 e. The minimum Gasteiger partial charge on any atom is -0.456 e. The van der Waals surface area contributed by atoms with Crippen LogP contribution in [0.25, 0.3) is 146 Å². The minimum atomic E-state index is 0.589. The van der Waals surface area contributed by atoms with Crippen LogP contribution in [0.3, 0.4) is 0 Å². The number of hydrogen-bond donors (Lipinski definition) is 0. The van der Waals surface area contributed by atoms with Gasteiger partial charge in [-0.2, -0.15) is 0 Å². The Morgan fingerprint density at radius 3 is 1.67 bits per heavy atom. The van der Waals surface area contributed by atoms with Crippen LogP contribution in [0.1, 0.15) is 0 Å². The quantitative estimate of drug-likeness (QED) is 0.167. The maximum absolute atomic E-state index is 6.72. The summed E-state index contributed by atoms with van der Waals surface area (Å²) in [5.41, 5.74) is 12.6. The number of aromatic nitrogens is 4. The van der Waals surface area contributed by atoms with E-state index in [0.717, 1.165) is 55.3 Å². The molecule has 0 atom stereocenters. The Hall–Kier alpha value is -8.75. The predicted octanol–water partition coefficient (Wildman–Crippen LogP) is 17.9. The lowest BCUT2D eigenvalue weighted by Gasteiger charge is -2.10. The molecule has 0 spiro atoms. The number of thiophene rings is 2. The standard InChI is InChI=1S/C63H36N4OS2/c1-3-13-37(14-4-1)61-64-62(41-27-30-46-45-29-26-40(34-53(45)68-54(46)35-41)43-19-11-23-56-59(43)47-18-8-10-22-55(47)69-56)66-63(65-61)49-20-12-24-57-60(49)48-31-25-39(36-58(48)70-57)38-28-32-52-50(33-38)44-17-7-9-21-51(44)67(52)42-15-5-2-6-16-42/h1-36H. The third-order valence-electron chi connectivity index (χ3n) is 13.9. The molecule has 15 rings (SSSR count). The molecule has 0 radical (unpaired) electrons. The van der Waals surface area contributed by atoms with Crippen molar-refractivity contribution < 1.29 is 4.42 Å². The second kappa shape index (κ2) is 15.4. The highest BCUT2D eigenvalue weighted by molar-refractivity contribution is 7.26. The zero-order valence-electron chi connectivity index (χ0n) is 37.3. The summed E-state index contributed by atoms with van der Waals surface area (Å²) in [4.78, 5) is 15.6. The van der Waals surface area contributed by atoms with Gasteiger partial charge < -0.3 is 8.98 Å². The van der Waals surface area contributed by atoms with E-state index in [1.165, 1.54) is 73.5 Å². The summed E-state index contributed by atoms with van der Waals surface area (Å²) >= 11 is 3.64. The van der Waals surface area contributed by atoms with Gasteiger partial charge in [0.2, 0.25) is 0 Å². The third kappa shape index (κ3) is 6.12. The molecule has 5 nitrogen and oxygen atoms in total. The van der Waals surface area contributed by atoms with Gasteiger partial charge in [0.25, 0.3) is 0 Å². The Bertz CT molecular complexity index is 4600. The molecule has 10 aromatic carbocycles. The van der Waals surface area contributed by atoms with Crippen molar-refractivity contribution in [3.8, 4) is 62.1 Å². The summed E-state index contributed by atoms with van der Waals surface area (Å²) in [5, 5.41) is 9.49. The van der Waals surface area contributed by atoms with Gasteiger partial charge in [-0.25, -0.2) is 15.0 Å². The molecule has 0 unspecified atom stereocenters. The van der Waals surface area contributed by atoms with Crippen LogP contribution in [0, 0.1) is 0 Å². The van der Waals surface area contributed by atoms with Crippen LogP contribution in [0.15, 0.2) is 223 Å². The van der Waals surface area contributed by atoms with Crippen LogP contribution in [-0.4, -0.2) is 19.5 Å². The van der Waals surface area contributed by atoms with Gasteiger partial charge in [-0.05, 0) is 101 Å². The molecular weight excluding hydrogens is 893 g/mol. The van der Waals surface area contributed by atoms with Crippen molar-refractivity contribution in [2.45, 2.75) is 0 Å². The van der Waals surface area contributed by atoms with E-state index in [1.54, 1.807) is 11.3 Å². The Kier molecular flexibility index (Phi) is 8.63. The van der Waals surface area contributed by atoms with Crippen LogP contribution >= 0.6 is 22.7 Å². The summed E-state index contributed by atoms with van der Waals surface area (Å²) in [6, 6.07) is 77.9. The Balaban J connectivity index is 0.837. The number of hydrogen-bond acceptors (Lipinski definition) is 6. The van der Waals surface area contributed by atoms with E-state index in [0.29, 0.717) is 17.5 Å². The Labute approximate surface area is 408 Å². The number of furan rings is 1. The van der Waals surface area contributed by atoms with Crippen LogP contribution in [0.4, 0.5) is 0 Å². The fourth-order valence-electron chi connectivity index (χ4n) is 10.6. The van der Waals surface area contributed by atoms with E-state index in [4.69, 9.17) is 19.4 Å². The predicted molar refractivity (Wildman–Crippen MR) is 294 cm³/mol. The molecule has 0 aliphatic rings. The highest BCUT2D eigenvalue weighted by Gasteiger charge is 2.20. The van der Waals surface area contributed by atoms with Crippen LogP contribution in [0.2, 0.25) is 0 Å². The van der Waals surface area contributed by atoms with Crippen LogP contribution < -0.4 is 0 Å². The van der Waals surface area contributed by atoms with E-state index in [9.17, 15) is 0 Å². The van der Waals surface area contributed by atoms with Gasteiger partial charge in [-0.1, -0.05) is 140 Å². The first-order valence-corrected chi connectivity index (χ1v) is 25.0. The molecular formula is C63H36N4OS2. The van der Waals surface area contributed by atoms with Gasteiger partial charge in [0, 0.05) is 84.3 Å². The first-order valence-electron chi connectivity index (χ1n) is 23.4. The Morgan fingerprint density at radius 1 is 0.314 bits per heavy atom. The number of fused-ring (bicyclic) bond motifs is 12. The minimum absolute atomic E-state index is 0.589. The first-order chi connectivity index (χ1) is 34.7. The van der Waals surface area contributed by atoms with Crippen molar-refractivity contribution >= 4 is 107 Å². The van der Waals surface area contributed by atoms with E-state index in [-0.39, 0.29) is 0 Å². The van der Waals surface area contributed by atoms with E-state index in [2.05, 4.69) is 205 Å². The first kappa shape index (κ1) is 39.3. The number of rotatable bonds is 6. The molecule has 0 saturated carbocycles. The third-order valence-corrected chi connectivity index (χ3v) is 16.1. The van der Waals surface area contributed by atoms with Gasteiger partial charge in [0.05, 0.1) is 11.0 Å². The van der Waals surface area contributed by atoms with Gasteiger partial charge in [0.15, 0.2) is 17.5 Å². The monoisotopic (exact) mass is 928 g/mol. The molecule has 0 N–H and O–H groups in total. The highest BCUT2D eigenvalue weighted by Crippen LogP contribution is 2.44. The fraction of sp³-hybridized carbons (Fsp3) is 0. The average Bonchev–Trinajstić information content (AvgIpc) is 4.19. The van der Waals surface area contributed by atoms with Crippen molar-refractivity contribution in [1.82, 2.24) is 19.5 Å². The van der Waals surface area contributed by atoms with E-state index < -0.39 is 0 Å². The molecule has 0 aliphatic carbocycles. The average molecular weight is 929 g/mol. The van der Waals surface area contributed by atoms with Crippen LogP contribution in [0.5, 0.6) is 0 Å². The van der Waals surface area contributed by atoms with Gasteiger partial charge in [-0.15, -0.1) is 22.7 Å². The zero-order chi connectivity index (χ0) is 45.9. The molecule has 15 aromatic rings. The lowest BCUT2D eigenvalue weighted by molar-refractivity contribution is 0.669. The molecule has 0 fully saturated rings. The molecule has 0 bridgehead atoms. The highest BCUT2D eigenvalue weighted by atomic mass is 32.1. The molecule has 0 amide bonds. The molecule has 5 aromatic heterocycles. The molecule has 7 heteroatoms. The summed E-state index contributed by atoms with van der Waals surface area (Å²) in [5.74, 6) is 1.83. The van der Waals surface area contributed by atoms with Crippen molar-refractivity contribution in [1.29, 1.82) is 0 Å². The number of benzene rings is 10. The van der Waals surface area contributed by atoms with E-state index >= 15 is 0 Å². The summed E-state index contributed by atoms with van der Waals surface area (Å²) in [6.07, 6.45) is 0. The topological polar surface area (TPSA) is 56.7 Å². The lowest BCUT2D eigenvalue weighted by Crippen LogP contribution is -2.00. The molecule has 0 aliphatic heterocycles. The molecule has 0 saturated heterocycles. The SMILES string of the molecule is c1ccc(-c2nc(-c3ccc4c(c3)oc3cc(-c5cccc6sc7ccccc7c56)ccc34)nc(-c3cccc4sc5cc(-c6ccc7c(c6)c6ccccc6n7-c6ccccc6)ccc5c34)n2)cc1. The van der Waals surface area contributed by atoms with Gasteiger partial charge in [0.1, 0.15) is 11.2 Å². The van der Waals surface area contributed by atoms with Crippen molar-refractivity contribution in [3.05, 3.63) is 218 Å². The number of nitrogens with zero attached hydrogens (tertiary/aromatic N) is 4. The fourth-order valence-corrected chi connectivity index (χ4v) is 12.9. The lowest BCUT2D eigenvalue weighted by atomic mass is 9.98. The van der Waals surface area contributed by atoms with Gasteiger partial charge >= 0.3 is 0 Å². The maximum Gasteiger partial charge on any atom is 0.164 e. The van der Waals surface area contributed by atoms with E-state index in [1.807, 2.05) is 29.5 Å². The van der Waals surface area contributed by atoms with Crippen LogP contribution in [-0.2, 0) is 0 Å². The second-order valence-electron chi connectivity index (χ2n) is 17.9. The van der Waals surface area contributed by atoms with Crippen molar-refractivity contribution in [2.75, 3.05) is 0 Å². The maximum atomic E-state index is 6.72. The molecule has 5 heterocycles. The Morgan fingerprint density at radius 2 is 0.857 bits per heavy atom. The van der Waals surface area contributed by atoms with Crippen molar-refractivity contribution in [3.63, 3.8) is 0 Å². The molecule has 70 heavy (non-hydrogen) atoms. The van der Waals surface area contributed by atoms with Gasteiger partial charge in [-0.3, -0.25) is 0 Å². The number of para-hydroxylation sites is 2. The second-order valence-corrected chi connectivity index (χ2v) is 20.1. The van der Waals surface area contributed by atoms with Crippen molar-refractivity contribution in [2.24, 2.45) is 0 Å². The smallest absolute Gasteiger partial charge is 0.164 e. The summed E-state index contributed by atoms with van der Waals surface area (Å²) in [7, 11) is 0. The molecule has 326 valence electrons.